The molecule has 1 fully saturated rings. The second kappa shape index (κ2) is 7.06. The Morgan fingerprint density at radius 3 is 2.70 bits per heavy atom. The number of fused-ring (bicyclic) bond motifs is 1. The maximum Gasteiger partial charge on any atom is 0.253 e. The number of aromatic nitrogens is 3. The van der Waals surface area contributed by atoms with Crippen molar-refractivity contribution in [3.05, 3.63) is 56.3 Å². The normalized spacial score (nSPS) is 17.0. The van der Waals surface area contributed by atoms with Gasteiger partial charge >= 0.3 is 0 Å². The second-order valence-electron chi connectivity index (χ2n) is 7.27. The highest BCUT2D eigenvalue weighted by Crippen LogP contribution is 2.31. The van der Waals surface area contributed by atoms with Crippen molar-refractivity contribution in [3.8, 4) is 0 Å². The molecular formula is C20H19N7O2S. The van der Waals surface area contributed by atoms with Gasteiger partial charge in [0.25, 0.3) is 10.9 Å². The summed E-state index contributed by atoms with van der Waals surface area (Å²) in [5.41, 5.74) is 9.03. The van der Waals surface area contributed by atoms with E-state index in [1.54, 1.807) is 5.51 Å². The van der Waals surface area contributed by atoms with E-state index >= 15 is 0 Å². The topological polar surface area (TPSA) is 117 Å². The fourth-order valence-electron chi connectivity index (χ4n) is 3.90. The first-order valence-electron chi connectivity index (χ1n) is 9.56. The van der Waals surface area contributed by atoms with E-state index in [4.69, 9.17) is 5.73 Å². The molecule has 152 valence electrons. The Kier molecular flexibility index (Phi) is 4.35. The van der Waals surface area contributed by atoms with Crippen LogP contribution >= 0.6 is 11.3 Å². The van der Waals surface area contributed by atoms with Crippen LogP contribution in [0.1, 0.15) is 6.92 Å². The number of hydrogen-bond donors (Lipinski definition) is 2. The van der Waals surface area contributed by atoms with E-state index in [-0.39, 0.29) is 12.0 Å². The number of thiazole rings is 1. The zero-order chi connectivity index (χ0) is 20.8. The Morgan fingerprint density at radius 1 is 1.13 bits per heavy atom. The summed E-state index contributed by atoms with van der Waals surface area (Å²) in [7, 11) is 0. The molecule has 0 spiro atoms. The van der Waals surface area contributed by atoms with Crippen molar-refractivity contribution in [2.24, 2.45) is 0 Å². The molecule has 0 aliphatic carbocycles. The molecule has 1 saturated heterocycles. The Morgan fingerprint density at radius 2 is 1.93 bits per heavy atom. The quantitative estimate of drug-likeness (QED) is 0.475. The molecule has 0 saturated carbocycles. The third-order valence-electron chi connectivity index (χ3n) is 5.34. The van der Waals surface area contributed by atoms with Crippen molar-refractivity contribution in [2.45, 2.75) is 13.0 Å². The van der Waals surface area contributed by atoms with E-state index < -0.39 is 10.9 Å². The first-order valence-corrected chi connectivity index (χ1v) is 10.4. The minimum Gasteiger partial charge on any atom is -0.368 e. The van der Waals surface area contributed by atoms with Crippen LogP contribution in [0.15, 0.2) is 45.4 Å². The van der Waals surface area contributed by atoms with Gasteiger partial charge in [0.1, 0.15) is 16.9 Å². The first kappa shape index (κ1) is 18.5. The van der Waals surface area contributed by atoms with Gasteiger partial charge in [-0.05, 0) is 19.1 Å². The number of para-hydroxylation sites is 1. The minimum atomic E-state index is -0.475. The lowest BCUT2D eigenvalue weighted by Crippen LogP contribution is -2.55. The fourth-order valence-corrected chi connectivity index (χ4v) is 4.56. The van der Waals surface area contributed by atoms with Crippen LogP contribution in [0, 0.1) is 0 Å². The van der Waals surface area contributed by atoms with Crippen LogP contribution in [0.3, 0.4) is 0 Å². The smallest absolute Gasteiger partial charge is 0.253 e. The number of rotatable bonds is 4. The van der Waals surface area contributed by atoms with Gasteiger partial charge in [-0.15, -0.1) is 11.3 Å². The fraction of sp³-hybridized carbons (Fsp3) is 0.250. The molecule has 1 unspecified atom stereocenters. The Labute approximate surface area is 175 Å². The zero-order valence-corrected chi connectivity index (χ0v) is 17.0. The minimum absolute atomic E-state index is 0.0342. The van der Waals surface area contributed by atoms with Crippen LogP contribution in [-0.4, -0.2) is 40.6 Å². The number of hydrogen-bond acceptors (Lipinski definition) is 10. The third kappa shape index (κ3) is 2.96. The van der Waals surface area contributed by atoms with E-state index in [9.17, 15) is 9.59 Å². The van der Waals surface area contributed by atoms with Crippen molar-refractivity contribution < 1.29 is 0 Å². The van der Waals surface area contributed by atoms with Crippen molar-refractivity contribution in [1.82, 2.24) is 15.0 Å². The molecule has 30 heavy (non-hydrogen) atoms. The number of nitrogen functional groups attached to an aromatic ring is 1. The highest BCUT2D eigenvalue weighted by Gasteiger charge is 2.33. The van der Waals surface area contributed by atoms with Crippen LogP contribution in [0.4, 0.5) is 28.8 Å². The number of nitrogens with zero attached hydrogens (tertiary/aromatic N) is 5. The molecular weight excluding hydrogens is 402 g/mol. The molecule has 1 atom stereocenters. The van der Waals surface area contributed by atoms with Gasteiger partial charge < -0.3 is 20.9 Å². The lowest BCUT2D eigenvalue weighted by Gasteiger charge is -2.42. The molecule has 9 nitrogen and oxygen atoms in total. The van der Waals surface area contributed by atoms with Crippen LogP contribution < -0.4 is 31.7 Å². The SMILES string of the molecule is CC1CN(c2c(Nc3ccccc3)c(=O)c2=O)CCN1c1nc(N)nc2scnc12. The highest BCUT2D eigenvalue weighted by molar-refractivity contribution is 7.16. The molecule has 2 aromatic carbocycles. The average Bonchev–Trinajstić information content (AvgIpc) is 3.22. The zero-order valence-electron chi connectivity index (χ0n) is 16.2. The summed E-state index contributed by atoms with van der Waals surface area (Å²) in [4.78, 5) is 42.5. The highest BCUT2D eigenvalue weighted by atomic mass is 32.1. The van der Waals surface area contributed by atoms with Crippen LogP contribution in [0.2, 0.25) is 0 Å². The monoisotopic (exact) mass is 421 g/mol. The molecule has 1 aliphatic heterocycles. The average molecular weight is 421 g/mol. The number of nitrogens with one attached hydrogen (secondary N) is 1. The molecule has 4 aromatic rings. The standard InChI is InChI=1S/C20H19N7O2S/c1-11-9-26(15-13(16(28)17(15)29)23-12-5-3-2-4-6-12)7-8-27(11)18-14-19(30-10-22-14)25-20(21)24-18/h2-6,10-11,23H,7-9H2,1H3,(H2,21,24,25). The molecule has 0 bridgehead atoms. The van der Waals surface area contributed by atoms with E-state index in [1.165, 1.54) is 11.3 Å². The summed E-state index contributed by atoms with van der Waals surface area (Å²) in [5, 5.41) is 3.10. The second-order valence-corrected chi connectivity index (χ2v) is 8.11. The molecule has 3 heterocycles. The molecule has 1 aliphatic rings. The molecule has 10 heteroatoms. The molecule has 5 rings (SSSR count). The molecule has 3 N–H and O–H groups in total. The Balaban J connectivity index is 1.41. The molecule has 2 aromatic heterocycles. The Hall–Kier alpha value is -3.53. The van der Waals surface area contributed by atoms with Gasteiger partial charge in [0.2, 0.25) is 5.95 Å². The molecule has 0 amide bonds. The van der Waals surface area contributed by atoms with Crippen LogP contribution in [-0.2, 0) is 0 Å². The first-order chi connectivity index (χ1) is 14.5. The predicted octanol–water partition coefficient (Wildman–Crippen LogP) is 1.72. The maximum absolute atomic E-state index is 12.4. The van der Waals surface area contributed by atoms with E-state index in [1.807, 2.05) is 35.2 Å². The largest absolute Gasteiger partial charge is 0.368 e. The lowest BCUT2D eigenvalue weighted by atomic mass is 10.1. The summed E-state index contributed by atoms with van der Waals surface area (Å²) in [6, 6.07) is 9.41. The van der Waals surface area contributed by atoms with Gasteiger partial charge in [-0.25, -0.2) is 9.97 Å². The van der Waals surface area contributed by atoms with Gasteiger partial charge in [0.05, 0.1) is 5.51 Å². The number of piperazine rings is 1. The van der Waals surface area contributed by atoms with Crippen molar-refractivity contribution in [3.63, 3.8) is 0 Å². The third-order valence-corrected chi connectivity index (χ3v) is 6.06. The van der Waals surface area contributed by atoms with E-state index in [0.717, 1.165) is 16.0 Å². The van der Waals surface area contributed by atoms with Crippen molar-refractivity contribution in [1.29, 1.82) is 0 Å². The number of anilines is 5. The van der Waals surface area contributed by atoms with Gasteiger partial charge in [0, 0.05) is 31.4 Å². The lowest BCUT2D eigenvalue weighted by molar-refractivity contribution is 0.546. The van der Waals surface area contributed by atoms with E-state index in [2.05, 4.69) is 32.1 Å². The van der Waals surface area contributed by atoms with Gasteiger partial charge in [-0.2, -0.15) is 4.98 Å². The number of benzene rings is 1. The van der Waals surface area contributed by atoms with Crippen LogP contribution in [0.5, 0.6) is 0 Å². The van der Waals surface area contributed by atoms with Gasteiger partial charge in [-0.3, -0.25) is 9.59 Å². The summed E-state index contributed by atoms with van der Waals surface area (Å²) >= 11 is 1.42. The summed E-state index contributed by atoms with van der Waals surface area (Å²) in [5.74, 6) is 0.923. The van der Waals surface area contributed by atoms with Crippen molar-refractivity contribution >= 4 is 50.5 Å². The summed E-state index contributed by atoms with van der Waals surface area (Å²) in [6.45, 7) is 3.82. The Bertz CT molecular complexity index is 1300. The van der Waals surface area contributed by atoms with Gasteiger partial charge in [-0.1, -0.05) is 18.2 Å². The summed E-state index contributed by atoms with van der Waals surface area (Å²) in [6.07, 6.45) is 0. The van der Waals surface area contributed by atoms with Gasteiger partial charge in [0.15, 0.2) is 10.6 Å². The predicted molar refractivity (Wildman–Crippen MR) is 120 cm³/mol. The maximum atomic E-state index is 12.4. The van der Waals surface area contributed by atoms with E-state index in [0.29, 0.717) is 36.8 Å². The number of nitrogens with two attached hydrogens (primary N) is 1. The van der Waals surface area contributed by atoms with Crippen molar-refractivity contribution in [2.75, 3.05) is 40.5 Å². The molecule has 0 radical (unpaired) electrons. The van der Waals surface area contributed by atoms with Crippen LogP contribution in [0.25, 0.3) is 10.3 Å². The summed E-state index contributed by atoms with van der Waals surface area (Å²) < 4.78 is 0.